The van der Waals surface area contributed by atoms with Gasteiger partial charge in [-0.05, 0) is 38.2 Å². The molecule has 26 heavy (non-hydrogen) atoms. The number of hydrogen-bond acceptors (Lipinski definition) is 4. The first kappa shape index (κ1) is 19.4. The van der Waals surface area contributed by atoms with Gasteiger partial charge in [0.1, 0.15) is 0 Å². The molecule has 1 aromatic rings. The molecule has 2 aliphatic rings. The Morgan fingerprint density at radius 2 is 2.08 bits per heavy atom. The van der Waals surface area contributed by atoms with Gasteiger partial charge in [-0.15, -0.1) is 0 Å². The van der Waals surface area contributed by atoms with E-state index in [9.17, 15) is 9.90 Å². The van der Waals surface area contributed by atoms with Gasteiger partial charge in [0, 0.05) is 32.4 Å². The second-order valence-corrected chi connectivity index (χ2v) is 8.12. The third-order valence-corrected chi connectivity index (χ3v) is 5.94. The number of carbonyl (C=O) groups excluding carboxylic acids is 1. The maximum atomic E-state index is 12.8. The molecule has 1 aliphatic carbocycles. The second kappa shape index (κ2) is 9.00. The summed E-state index contributed by atoms with van der Waals surface area (Å²) in [6, 6.07) is 1.97. The van der Waals surface area contributed by atoms with E-state index in [4.69, 9.17) is 0 Å². The summed E-state index contributed by atoms with van der Waals surface area (Å²) < 4.78 is 1.88. The van der Waals surface area contributed by atoms with Crippen LogP contribution in [0.5, 0.6) is 0 Å². The number of aliphatic hydroxyl groups is 1. The minimum atomic E-state index is -1.25. The standard InChI is InChI=1S/C20H34N4O2/c1-17-8-14-24(22-17)15-11-21-16-20(26)10-5-12-23(19(20)25)13-9-18-6-3-2-4-7-18/h8,14,18,21,26H,2-7,9-13,15-16H2,1H3/t20-/m0/s1. The van der Waals surface area contributed by atoms with Crippen molar-refractivity contribution in [1.29, 1.82) is 0 Å². The lowest BCUT2D eigenvalue weighted by Gasteiger charge is -2.39. The summed E-state index contributed by atoms with van der Waals surface area (Å²) in [6.45, 7) is 5.32. The van der Waals surface area contributed by atoms with E-state index in [0.717, 1.165) is 44.1 Å². The predicted molar refractivity (Wildman–Crippen MR) is 102 cm³/mol. The number of piperidine rings is 1. The van der Waals surface area contributed by atoms with E-state index in [1.807, 2.05) is 28.8 Å². The Bertz CT molecular complexity index is 582. The third-order valence-electron chi connectivity index (χ3n) is 5.94. The fraction of sp³-hybridized carbons (Fsp3) is 0.800. The van der Waals surface area contributed by atoms with Crippen LogP contribution in [0.25, 0.3) is 0 Å². The zero-order chi connectivity index (χ0) is 18.4. The Labute approximate surface area is 156 Å². The van der Waals surface area contributed by atoms with Crippen LogP contribution in [-0.4, -0.2) is 57.5 Å². The lowest BCUT2D eigenvalue weighted by molar-refractivity contribution is -0.156. The van der Waals surface area contributed by atoms with E-state index >= 15 is 0 Å². The Hall–Kier alpha value is -1.40. The molecule has 0 aromatic carbocycles. The lowest BCUT2D eigenvalue weighted by Crippen LogP contribution is -2.58. The fourth-order valence-electron chi connectivity index (χ4n) is 4.33. The Balaban J connectivity index is 1.42. The topological polar surface area (TPSA) is 70.4 Å². The lowest BCUT2D eigenvalue weighted by atomic mass is 9.86. The minimum absolute atomic E-state index is 0.0815. The van der Waals surface area contributed by atoms with Gasteiger partial charge in [0.15, 0.2) is 5.60 Å². The molecule has 0 spiro atoms. The minimum Gasteiger partial charge on any atom is -0.379 e. The highest BCUT2D eigenvalue weighted by molar-refractivity contribution is 5.86. The quantitative estimate of drug-likeness (QED) is 0.695. The largest absolute Gasteiger partial charge is 0.379 e. The first-order valence-corrected chi connectivity index (χ1v) is 10.3. The Morgan fingerprint density at radius 1 is 1.27 bits per heavy atom. The van der Waals surface area contributed by atoms with Gasteiger partial charge in [0.05, 0.1) is 12.2 Å². The van der Waals surface area contributed by atoms with E-state index in [2.05, 4.69) is 10.4 Å². The molecule has 1 aliphatic heterocycles. The highest BCUT2D eigenvalue weighted by Gasteiger charge is 2.41. The molecule has 2 heterocycles. The number of rotatable bonds is 8. The van der Waals surface area contributed by atoms with Gasteiger partial charge in [-0.3, -0.25) is 9.48 Å². The van der Waals surface area contributed by atoms with Crippen LogP contribution >= 0.6 is 0 Å². The molecule has 3 rings (SSSR count). The molecule has 1 saturated heterocycles. The number of aromatic nitrogens is 2. The monoisotopic (exact) mass is 362 g/mol. The van der Waals surface area contributed by atoms with Crippen LogP contribution < -0.4 is 5.32 Å². The number of aryl methyl sites for hydroxylation is 1. The van der Waals surface area contributed by atoms with Gasteiger partial charge in [0.2, 0.25) is 0 Å². The summed E-state index contributed by atoms with van der Waals surface area (Å²) in [5, 5.41) is 18.5. The predicted octanol–water partition coefficient (Wildman–Crippen LogP) is 2.11. The van der Waals surface area contributed by atoms with Crippen LogP contribution in [0.2, 0.25) is 0 Å². The van der Waals surface area contributed by atoms with E-state index in [1.165, 1.54) is 32.1 Å². The highest BCUT2D eigenvalue weighted by atomic mass is 16.3. The van der Waals surface area contributed by atoms with Gasteiger partial charge >= 0.3 is 0 Å². The SMILES string of the molecule is Cc1ccn(CCNC[C@@]2(O)CCCN(CCC3CCCCC3)C2=O)n1. The van der Waals surface area contributed by atoms with Crippen molar-refractivity contribution in [3.8, 4) is 0 Å². The van der Waals surface area contributed by atoms with E-state index in [0.29, 0.717) is 19.5 Å². The average Bonchev–Trinajstić information content (AvgIpc) is 3.06. The molecule has 1 atom stereocenters. The summed E-state index contributed by atoms with van der Waals surface area (Å²) >= 11 is 0. The van der Waals surface area contributed by atoms with E-state index < -0.39 is 5.60 Å². The van der Waals surface area contributed by atoms with Crippen molar-refractivity contribution < 1.29 is 9.90 Å². The zero-order valence-corrected chi connectivity index (χ0v) is 16.1. The molecular weight excluding hydrogens is 328 g/mol. The molecular formula is C20H34N4O2. The number of nitrogens with one attached hydrogen (secondary N) is 1. The van der Waals surface area contributed by atoms with Crippen molar-refractivity contribution in [3.63, 3.8) is 0 Å². The van der Waals surface area contributed by atoms with Gasteiger partial charge in [0.25, 0.3) is 5.91 Å². The van der Waals surface area contributed by atoms with E-state index in [-0.39, 0.29) is 5.91 Å². The molecule has 6 heteroatoms. The summed E-state index contributed by atoms with van der Waals surface area (Å²) in [6.07, 6.45) is 11.1. The number of hydrogen-bond donors (Lipinski definition) is 2. The maximum Gasteiger partial charge on any atom is 0.255 e. The molecule has 1 saturated carbocycles. The molecule has 0 bridgehead atoms. The number of nitrogens with zero attached hydrogens (tertiary/aromatic N) is 3. The summed E-state index contributed by atoms with van der Waals surface area (Å²) in [5.41, 5.74) is -0.245. The second-order valence-electron chi connectivity index (χ2n) is 8.12. The van der Waals surface area contributed by atoms with Crippen molar-refractivity contribution in [2.24, 2.45) is 5.92 Å². The van der Waals surface area contributed by atoms with Crippen molar-refractivity contribution in [3.05, 3.63) is 18.0 Å². The smallest absolute Gasteiger partial charge is 0.255 e. The Kier molecular flexibility index (Phi) is 6.70. The highest BCUT2D eigenvalue weighted by Crippen LogP contribution is 2.28. The van der Waals surface area contributed by atoms with Crippen molar-refractivity contribution >= 4 is 5.91 Å². The Morgan fingerprint density at radius 3 is 2.81 bits per heavy atom. The normalized spacial score (nSPS) is 25.0. The molecule has 0 unspecified atom stereocenters. The van der Waals surface area contributed by atoms with Crippen molar-refractivity contribution in [2.45, 2.75) is 70.4 Å². The number of amides is 1. The molecule has 0 radical (unpaired) electrons. The van der Waals surface area contributed by atoms with Crippen molar-refractivity contribution in [1.82, 2.24) is 20.0 Å². The molecule has 6 nitrogen and oxygen atoms in total. The summed E-state index contributed by atoms with van der Waals surface area (Å²) in [7, 11) is 0. The molecule has 1 aromatic heterocycles. The van der Waals surface area contributed by atoms with Crippen LogP contribution in [0.15, 0.2) is 12.3 Å². The van der Waals surface area contributed by atoms with Crippen LogP contribution in [0.1, 0.15) is 57.1 Å². The number of carbonyl (C=O) groups is 1. The first-order valence-electron chi connectivity index (χ1n) is 10.3. The third kappa shape index (κ3) is 5.07. The first-order chi connectivity index (χ1) is 12.6. The average molecular weight is 363 g/mol. The molecule has 2 fully saturated rings. The van der Waals surface area contributed by atoms with Crippen LogP contribution in [0, 0.1) is 12.8 Å². The molecule has 2 N–H and O–H groups in total. The van der Waals surface area contributed by atoms with Crippen molar-refractivity contribution in [2.75, 3.05) is 26.2 Å². The van der Waals surface area contributed by atoms with Gasteiger partial charge in [-0.25, -0.2) is 0 Å². The van der Waals surface area contributed by atoms with Gasteiger partial charge < -0.3 is 15.3 Å². The molecule has 146 valence electrons. The van der Waals surface area contributed by atoms with Crippen LogP contribution in [0.3, 0.4) is 0 Å². The molecule has 1 amide bonds. The van der Waals surface area contributed by atoms with Crippen LogP contribution in [-0.2, 0) is 11.3 Å². The van der Waals surface area contributed by atoms with E-state index in [1.54, 1.807) is 0 Å². The summed E-state index contributed by atoms with van der Waals surface area (Å²) in [4.78, 5) is 14.7. The van der Waals surface area contributed by atoms with Gasteiger partial charge in [-0.2, -0.15) is 5.10 Å². The maximum absolute atomic E-state index is 12.8. The van der Waals surface area contributed by atoms with Gasteiger partial charge in [-0.1, -0.05) is 32.1 Å². The fourth-order valence-corrected chi connectivity index (χ4v) is 4.33. The van der Waals surface area contributed by atoms with Crippen LogP contribution in [0.4, 0.5) is 0 Å². The number of likely N-dealkylation sites (tertiary alicyclic amines) is 1. The zero-order valence-electron chi connectivity index (χ0n) is 16.1. The summed E-state index contributed by atoms with van der Waals surface area (Å²) in [5.74, 6) is 0.684.